The molecule has 4 nitrogen and oxygen atoms in total. The summed E-state index contributed by atoms with van der Waals surface area (Å²) in [6.45, 7) is 1.88. The number of hydrogen-bond acceptors (Lipinski definition) is 4. The molecule has 0 aliphatic carbocycles. The van der Waals surface area contributed by atoms with Crippen LogP contribution in [0.25, 0.3) is 27.6 Å². The van der Waals surface area contributed by atoms with Crippen LogP contribution in [0.3, 0.4) is 0 Å². The molecule has 0 aliphatic rings. The quantitative estimate of drug-likeness (QED) is 0.414. The van der Waals surface area contributed by atoms with Crippen LogP contribution in [0.15, 0.2) is 53.7 Å². The molecule has 106 valence electrons. The Labute approximate surface area is 131 Å². The van der Waals surface area contributed by atoms with Crippen molar-refractivity contribution in [3.63, 3.8) is 0 Å². The molecule has 0 saturated heterocycles. The highest BCUT2D eigenvalue weighted by Gasteiger charge is 2.15. The van der Waals surface area contributed by atoms with Gasteiger partial charge in [-0.25, -0.2) is 9.97 Å². The number of aromatic nitrogens is 3. The van der Waals surface area contributed by atoms with Crippen LogP contribution in [0.2, 0.25) is 0 Å². The highest BCUT2D eigenvalue weighted by molar-refractivity contribution is 8.00. The molecule has 0 radical (unpaired) electrons. The summed E-state index contributed by atoms with van der Waals surface area (Å²) in [5.41, 5.74) is 3.74. The molecule has 1 unspecified atom stereocenters. The zero-order chi connectivity index (χ0) is 15.1. The van der Waals surface area contributed by atoms with Crippen LogP contribution in [-0.4, -0.2) is 19.6 Å². The van der Waals surface area contributed by atoms with Crippen molar-refractivity contribution in [3.8, 4) is 6.07 Å². The number of imidazole rings is 1. The van der Waals surface area contributed by atoms with E-state index in [0.29, 0.717) is 0 Å². The first-order valence-electron chi connectivity index (χ1n) is 7.00. The van der Waals surface area contributed by atoms with Gasteiger partial charge in [-0.05, 0) is 31.2 Å². The Morgan fingerprint density at radius 2 is 1.77 bits per heavy atom. The lowest BCUT2D eigenvalue weighted by Crippen LogP contribution is -2.00. The summed E-state index contributed by atoms with van der Waals surface area (Å²) in [7, 11) is 0. The van der Waals surface area contributed by atoms with E-state index in [9.17, 15) is 0 Å². The van der Waals surface area contributed by atoms with E-state index in [2.05, 4.69) is 10.5 Å². The summed E-state index contributed by atoms with van der Waals surface area (Å²) in [4.78, 5) is 9.51. The summed E-state index contributed by atoms with van der Waals surface area (Å²) in [6.07, 6.45) is 0. The van der Waals surface area contributed by atoms with Crippen molar-refractivity contribution in [1.82, 2.24) is 14.4 Å². The normalized spacial score (nSPS) is 12.7. The molecule has 0 aliphatic heterocycles. The molecule has 0 spiro atoms. The van der Waals surface area contributed by atoms with E-state index in [1.54, 1.807) is 0 Å². The maximum absolute atomic E-state index is 9.12. The zero-order valence-corrected chi connectivity index (χ0v) is 12.7. The Hall–Kier alpha value is -2.58. The molecule has 5 heteroatoms. The Morgan fingerprint density at radius 3 is 2.59 bits per heavy atom. The second-order valence-corrected chi connectivity index (χ2v) is 6.37. The lowest BCUT2D eigenvalue weighted by molar-refractivity contribution is 0.948. The van der Waals surface area contributed by atoms with Crippen molar-refractivity contribution < 1.29 is 0 Å². The zero-order valence-electron chi connectivity index (χ0n) is 11.9. The molecule has 4 rings (SSSR count). The Kier molecular flexibility index (Phi) is 2.98. The minimum absolute atomic E-state index is 0.168. The third-order valence-electron chi connectivity index (χ3n) is 3.58. The van der Waals surface area contributed by atoms with Crippen LogP contribution < -0.4 is 0 Å². The fourth-order valence-electron chi connectivity index (χ4n) is 2.58. The van der Waals surface area contributed by atoms with E-state index in [0.717, 1.165) is 32.7 Å². The molecule has 2 aromatic heterocycles. The highest BCUT2D eigenvalue weighted by atomic mass is 32.2. The van der Waals surface area contributed by atoms with E-state index in [4.69, 9.17) is 15.2 Å². The van der Waals surface area contributed by atoms with E-state index in [-0.39, 0.29) is 5.25 Å². The molecule has 1 atom stereocenters. The van der Waals surface area contributed by atoms with Gasteiger partial charge in [0.1, 0.15) is 5.65 Å². The van der Waals surface area contributed by atoms with E-state index < -0.39 is 0 Å². The minimum atomic E-state index is -0.168. The maximum atomic E-state index is 9.12. The Morgan fingerprint density at radius 1 is 1.05 bits per heavy atom. The van der Waals surface area contributed by atoms with Crippen LogP contribution in [0.4, 0.5) is 0 Å². The van der Waals surface area contributed by atoms with Crippen molar-refractivity contribution >= 4 is 39.3 Å². The van der Waals surface area contributed by atoms with Crippen molar-refractivity contribution in [3.05, 3.63) is 48.5 Å². The fourth-order valence-corrected chi connectivity index (χ4v) is 3.39. The lowest BCUT2D eigenvalue weighted by Gasteiger charge is -2.08. The number of hydrogen-bond donors (Lipinski definition) is 0. The summed E-state index contributed by atoms with van der Waals surface area (Å²) >= 11 is 1.46. The largest absolute Gasteiger partial charge is 0.271 e. The molecule has 2 heterocycles. The molecule has 0 amide bonds. The highest BCUT2D eigenvalue weighted by Crippen LogP contribution is 2.30. The topological polar surface area (TPSA) is 54.0 Å². The molecule has 0 N–H and O–H groups in total. The van der Waals surface area contributed by atoms with Crippen LogP contribution in [0.5, 0.6) is 0 Å². The van der Waals surface area contributed by atoms with E-state index >= 15 is 0 Å². The predicted octanol–water partition coefficient (Wildman–Crippen LogP) is 4.04. The standard InChI is InChI=1S/C17H12N4S/c1-11(10-18)22-17-20-13-7-3-2-6-12(13)16-19-14-8-4-5-9-15(14)21(16)17/h2-9,11H,1H3. The van der Waals surface area contributed by atoms with Crippen molar-refractivity contribution in [2.24, 2.45) is 0 Å². The summed E-state index contributed by atoms with van der Waals surface area (Å²) in [5, 5.41) is 10.8. The lowest BCUT2D eigenvalue weighted by atomic mass is 10.2. The number of para-hydroxylation sites is 3. The third kappa shape index (κ3) is 1.92. The molecule has 0 fully saturated rings. The van der Waals surface area contributed by atoms with Crippen LogP contribution in [0.1, 0.15) is 6.92 Å². The molecule has 0 saturated carbocycles. The second kappa shape index (κ2) is 5.00. The summed E-state index contributed by atoms with van der Waals surface area (Å²) in [5.74, 6) is 0. The molecule has 0 bridgehead atoms. The first-order valence-corrected chi connectivity index (χ1v) is 7.88. The van der Waals surface area contributed by atoms with Gasteiger partial charge in [-0.3, -0.25) is 4.40 Å². The molecule has 2 aromatic carbocycles. The van der Waals surface area contributed by atoms with Gasteiger partial charge < -0.3 is 0 Å². The second-order valence-electron chi connectivity index (χ2n) is 5.06. The number of benzene rings is 2. The van der Waals surface area contributed by atoms with Gasteiger partial charge in [0.2, 0.25) is 0 Å². The van der Waals surface area contributed by atoms with Crippen molar-refractivity contribution in [2.75, 3.05) is 0 Å². The number of rotatable bonds is 2. The van der Waals surface area contributed by atoms with E-state index in [1.807, 2.05) is 55.5 Å². The third-order valence-corrected chi connectivity index (χ3v) is 4.52. The Bertz CT molecular complexity index is 1050. The maximum Gasteiger partial charge on any atom is 0.176 e. The van der Waals surface area contributed by atoms with Gasteiger partial charge in [0.15, 0.2) is 5.16 Å². The van der Waals surface area contributed by atoms with Gasteiger partial charge in [-0.15, -0.1) is 0 Å². The minimum Gasteiger partial charge on any atom is -0.271 e. The van der Waals surface area contributed by atoms with Crippen LogP contribution in [-0.2, 0) is 0 Å². The first kappa shape index (κ1) is 13.1. The van der Waals surface area contributed by atoms with Crippen molar-refractivity contribution in [1.29, 1.82) is 5.26 Å². The number of nitrogens with zero attached hydrogens (tertiary/aromatic N) is 4. The number of nitriles is 1. The summed E-state index contributed by atoms with van der Waals surface area (Å²) < 4.78 is 2.05. The number of fused-ring (bicyclic) bond motifs is 5. The van der Waals surface area contributed by atoms with E-state index in [1.165, 1.54) is 11.8 Å². The Balaban J connectivity index is 2.17. The van der Waals surface area contributed by atoms with Crippen LogP contribution >= 0.6 is 11.8 Å². The SMILES string of the molecule is CC(C#N)Sc1nc2ccccc2c2nc3ccccc3n12. The van der Waals surface area contributed by atoms with Crippen LogP contribution in [0, 0.1) is 11.3 Å². The van der Waals surface area contributed by atoms with Gasteiger partial charge in [0.25, 0.3) is 0 Å². The average Bonchev–Trinajstić information content (AvgIpc) is 2.95. The fraction of sp³-hybridized carbons (Fsp3) is 0.118. The van der Waals surface area contributed by atoms with Gasteiger partial charge in [-0.1, -0.05) is 36.0 Å². The molecular weight excluding hydrogens is 292 g/mol. The van der Waals surface area contributed by atoms with Gasteiger partial charge >= 0.3 is 0 Å². The van der Waals surface area contributed by atoms with Gasteiger partial charge in [-0.2, -0.15) is 5.26 Å². The molecule has 22 heavy (non-hydrogen) atoms. The van der Waals surface area contributed by atoms with Gasteiger partial charge in [0.05, 0.1) is 27.9 Å². The average molecular weight is 304 g/mol. The monoisotopic (exact) mass is 304 g/mol. The molecule has 4 aromatic rings. The predicted molar refractivity (Wildman–Crippen MR) is 88.9 cm³/mol. The summed E-state index contributed by atoms with van der Waals surface area (Å²) in [6, 6.07) is 18.2. The van der Waals surface area contributed by atoms with Gasteiger partial charge in [0, 0.05) is 5.39 Å². The molecular formula is C17H12N4S. The smallest absolute Gasteiger partial charge is 0.176 e. The number of thioether (sulfide) groups is 1. The first-order chi connectivity index (χ1) is 10.8. The van der Waals surface area contributed by atoms with Crippen molar-refractivity contribution in [2.45, 2.75) is 17.3 Å².